The lowest BCUT2D eigenvalue weighted by atomic mass is 9.97. The molecule has 2 aliphatic heterocycles. The van der Waals surface area contributed by atoms with Crippen molar-refractivity contribution in [1.29, 1.82) is 0 Å². The fraction of sp³-hybridized carbons (Fsp3) is 0.652. The number of likely N-dealkylation sites (tertiary alicyclic amines) is 2. The van der Waals surface area contributed by atoms with Crippen molar-refractivity contribution in [2.24, 2.45) is 16.8 Å². The maximum Gasteiger partial charge on any atom is 0.308 e. The molecule has 7 heteroatoms. The molecule has 2 fully saturated rings. The molecule has 1 N–H and O–H groups in total. The summed E-state index contributed by atoms with van der Waals surface area (Å²) in [7, 11) is 3.28. The Kier molecular flexibility index (Phi) is 10.4. The number of ether oxygens (including phenoxy) is 1. The summed E-state index contributed by atoms with van der Waals surface area (Å²) in [4.78, 5) is 20.9. The minimum atomic E-state index is -0.0910. The number of benzene rings is 1. The van der Waals surface area contributed by atoms with E-state index in [0.29, 0.717) is 0 Å². The van der Waals surface area contributed by atoms with Crippen LogP contribution in [-0.4, -0.2) is 62.1 Å². The fourth-order valence-electron chi connectivity index (χ4n) is 4.46. The number of nitrogens with one attached hydrogen (secondary N) is 1. The van der Waals surface area contributed by atoms with E-state index in [-0.39, 0.29) is 35.9 Å². The number of aliphatic imine (C=N–C) groups is 1. The minimum Gasteiger partial charge on any atom is -0.469 e. The van der Waals surface area contributed by atoms with Crippen LogP contribution in [0.5, 0.6) is 0 Å². The Bertz CT molecular complexity index is 687. The van der Waals surface area contributed by atoms with Crippen molar-refractivity contribution in [3.63, 3.8) is 0 Å². The number of halogens is 1. The molecule has 0 spiro atoms. The van der Waals surface area contributed by atoms with Gasteiger partial charge in [0.2, 0.25) is 0 Å². The molecule has 0 amide bonds. The predicted octanol–water partition coefficient (Wildman–Crippen LogP) is 3.50. The van der Waals surface area contributed by atoms with E-state index in [9.17, 15) is 4.79 Å². The molecule has 1 aromatic carbocycles. The molecule has 1 aromatic rings. The van der Waals surface area contributed by atoms with Crippen molar-refractivity contribution in [2.45, 2.75) is 45.7 Å². The molecule has 2 heterocycles. The van der Waals surface area contributed by atoms with E-state index in [4.69, 9.17) is 4.74 Å². The lowest BCUT2D eigenvalue weighted by Crippen LogP contribution is -2.46. The normalized spacial score (nSPS) is 21.1. The minimum absolute atomic E-state index is 0. The van der Waals surface area contributed by atoms with E-state index >= 15 is 0 Å². The SMILES string of the molecule is CN=C(NCc1ccc(CN2CCCC(C)C2)cc1)N1CCC(C(=O)OC)CC1.I. The van der Waals surface area contributed by atoms with Gasteiger partial charge in [-0.2, -0.15) is 0 Å². The van der Waals surface area contributed by atoms with Crippen LogP contribution in [0.25, 0.3) is 0 Å². The molecule has 2 aliphatic rings. The Labute approximate surface area is 198 Å². The highest BCUT2D eigenvalue weighted by Gasteiger charge is 2.26. The van der Waals surface area contributed by atoms with Crippen molar-refractivity contribution >= 4 is 35.9 Å². The molecule has 6 nitrogen and oxygen atoms in total. The van der Waals surface area contributed by atoms with Crippen LogP contribution in [-0.2, 0) is 22.6 Å². The van der Waals surface area contributed by atoms with Gasteiger partial charge >= 0.3 is 5.97 Å². The summed E-state index contributed by atoms with van der Waals surface area (Å²) < 4.78 is 4.87. The lowest BCUT2D eigenvalue weighted by molar-refractivity contribution is -0.146. The van der Waals surface area contributed by atoms with Crippen molar-refractivity contribution < 1.29 is 9.53 Å². The number of hydrogen-bond donors (Lipinski definition) is 1. The standard InChI is InChI=1S/C23H36N4O2.HI/c1-18-5-4-12-26(16-18)17-20-8-6-19(7-9-20)15-25-23(24-2)27-13-10-21(11-14-27)22(28)29-3;/h6-9,18,21H,4-5,10-17H2,1-3H3,(H,24,25);1H. The summed E-state index contributed by atoms with van der Waals surface area (Å²) in [5.74, 6) is 1.65. The number of guanidine groups is 1. The van der Waals surface area contributed by atoms with Gasteiger partial charge in [-0.05, 0) is 49.3 Å². The number of nitrogens with zero attached hydrogens (tertiary/aromatic N) is 3. The average Bonchev–Trinajstić information content (AvgIpc) is 2.75. The summed E-state index contributed by atoms with van der Waals surface area (Å²) >= 11 is 0. The third-order valence-corrected chi connectivity index (χ3v) is 6.16. The zero-order valence-corrected chi connectivity index (χ0v) is 20.9. The fourth-order valence-corrected chi connectivity index (χ4v) is 4.46. The van der Waals surface area contributed by atoms with Crippen LogP contribution < -0.4 is 5.32 Å². The van der Waals surface area contributed by atoms with Crippen molar-refractivity contribution in [3.05, 3.63) is 35.4 Å². The van der Waals surface area contributed by atoms with Gasteiger partial charge in [0.05, 0.1) is 13.0 Å². The maximum absolute atomic E-state index is 11.7. The van der Waals surface area contributed by atoms with Crippen molar-refractivity contribution in [3.8, 4) is 0 Å². The second-order valence-electron chi connectivity index (χ2n) is 8.48. The molecule has 168 valence electrons. The lowest BCUT2D eigenvalue weighted by Gasteiger charge is -2.33. The van der Waals surface area contributed by atoms with E-state index in [1.165, 1.54) is 44.2 Å². The first-order chi connectivity index (χ1) is 14.1. The number of esters is 1. The second-order valence-corrected chi connectivity index (χ2v) is 8.48. The number of methoxy groups -OCH3 is 1. The monoisotopic (exact) mass is 528 g/mol. The van der Waals surface area contributed by atoms with Gasteiger partial charge < -0.3 is 15.0 Å². The van der Waals surface area contributed by atoms with Gasteiger partial charge in [-0.1, -0.05) is 31.2 Å². The van der Waals surface area contributed by atoms with E-state index in [2.05, 4.69) is 51.3 Å². The molecular formula is C23H37IN4O2. The first-order valence-corrected chi connectivity index (χ1v) is 10.9. The van der Waals surface area contributed by atoms with Crippen molar-refractivity contribution in [2.75, 3.05) is 40.3 Å². The maximum atomic E-state index is 11.7. The Morgan fingerprint density at radius 3 is 2.40 bits per heavy atom. The van der Waals surface area contributed by atoms with E-state index in [0.717, 1.165) is 50.9 Å². The molecule has 0 bridgehead atoms. The van der Waals surface area contributed by atoms with Crippen molar-refractivity contribution in [1.82, 2.24) is 15.1 Å². The van der Waals surface area contributed by atoms with Crippen LogP contribution in [0, 0.1) is 11.8 Å². The number of carbonyl (C=O) groups is 1. The molecule has 0 aliphatic carbocycles. The molecular weight excluding hydrogens is 491 g/mol. The Balaban J connectivity index is 0.00000320. The van der Waals surface area contributed by atoms with E-state index < -0.39 is 0 Å². The van der Waals surface area contributed by atoms with Gasteiger partial charge in [-0.15, -0.1) is 24.0 Å². The highest BCUT2D eigenvalue weighted by atomic mass is 127. The number of rotatable bonds is 5. The number of carbonyl (C=O) groups excluding carboxylic acids is 1. The van der Waals surface area contributed by atoms with Crippen LogP contribution >= 0.6 is 24.0 Å². The molecule has 0 aromatic heterocycles. The Morgan fingerprint density at radius 2 is 1.80 bits per heavy atom. The third kappa shape index (κ3) is 7.11. The Morgan fingerprint density at radius 1 is 1.13 bits per heavy atom. The number of hydrogen-bond acceptors (Lipinski definition) is 4. The van der Waals surface area contributed by atoms with Crippen LogP contribution in [0.3, 0.4) is 0 Å². The summed E-state index contributed by atoms with van der Waals surface area (Å²) in [6.45, 7) is 8.24. The highest BCUT2D eigenvalue weighted by Crippen LogP contribution is 2.19. The largest absolute Gasteiger partial charge is 0.469 e. The summed E-state index contributed by atoms with van der Waals surface area (Å²) in [6, 6.07) is 8.93. The first kappa shape index (κ1) is 24.9. The number of piperidine rings is 2. The summed E-state index contributed by atoms with van der Waals surface area (Å²) in [6.07, 6.45) is 4.32. The predicted molar refractivity (Wildman–Crippen MR) is 132 cm³/mol. The van der Waals surface area contributed by atoms with Gasteiger partial charge in [-0.3, -0.25) is 14.7 Å². The average molecular weight is 528 g/mol. The van der Waals surface area contributed by atoms with E-state index in [1.807, 2.05) is 7.05 Å². The molecule has 0 radical (unpaired) electrons. The topological polar surface area (TPSA) is 57.2 Å². The summed E-state index contributed by atoms with van der Waals surface area (Å²) in [5.41, 5.74) is 2.64. The molecule has 3 rings (SSSR count). The van der Waals surface area contributed by atoms with Gasteiger partial charge in [0.1, 0.15) is 0 Å². The van der Waals surface area contributed by atoms with Gasteiger partial charge in [0, 0.05) is 39.8 Å². The highest BCUT2D eigenvalue weighted by molar-refractivity contribution is 14.0. The molecule has 1 atom stereocenters. The van der Waals surface area contributed by atoms with Gasteiger partial charge in [0.15, 0.2) is 5.96 Å². The summed E-state index contributed by atoms with van der Waals surface area (Å²) in [5, 5.41) is 3.47. The van der Waals surface area contributed by atoms with Gasteiger partial charge in [0.25, 0.3) is 0 Å². The van der Waals surface area contributed by atoms with Crippen LogP contribution in [0.4, 0.5) is 0 Å². The third-order valence-electron chi connectivity index (χ3n) is 6.16. The van der Waals surface area contributed by atoms with Crippen LogP contribution in [0.2, 0.25) is 0 Å². The molecule has 1 unspecified atom stereocenters. The van der Waals surface area contributed by atoms with Gasteiger partial charge in [-0.25, -0.2) is 0 Å². The first-order valence-electron chi connectivity index (χ1n) is 10.9. The molecule has 2 saturated heterocycles. The molecule has 30 heavy (non-hydrogen) atoms. The smallest absolute Gasteiger partial charge is 0.308 e. The zero-order valence-electron chi connectivity index (χ0n) is 18.6. The molecule has 0 saturated carbocycles. The van der Waals surface area contributed by atoms with Crippen LogP contribution in [0.1, 0.15) is 43.7 Å². The zero-order chi connectivity index (χ0) is 20.6. The quantitative estimate of drug-likeness (QED) is 0.275. The van der Waals surface area contributed by atoms with E-state index in [1.54, 1.807) is 0 Å². The van der Waals surface area contributed by atoms with Crippen LogP contribution in [0.15, 0.2) is 29.3 Å². The second kappa shape index (κ2) is 12.5. The Hall–Kier alpha value is -1.35.